The van der Waals surface area contributed by atoms with Gasteiger partial charge in [0.05, 0.1) is 5.56 Å². The Kier molecular flexibility index (Phi) is 8.30. The van der Waals surface area contributed by atoms with Crippen molar-refractivity contribution in [2.24, 2.45) is 5.18 Å². The summed E-state index contributed by atoms with van der Waals surface area (Å²) < 4.78 is 39.6. The van der Waals surface area contributed by atoms with Gasteiger partial charge in [0, 0.05) is 69.7 Å². The molecule has 206 valence electrons. The number of benzene rings is 2. The van der Waals surface area contributed by atoms with Crippen molar-refractivity contribution in [1.82, 2.24) is 9.80 Å². The predicted octanol–water partition coefficient (Wildman–Crippen LogP) is 5.63. The van der Waals surface area contributed by atoms with Crippen molar-refractivity contribution in [3.63, 3.8) is 0 Å². The van der Waals surface area contributed by atoms with E-state index in [1.54, 1.807) is 4.90 Å². The monoisotopic (exact) mass is 531 g/mol. The molecule has 7 nitrogen and oxygen atoms in total. The Morgan fingerprint density at radius 3 is 2.29 bits per heavy atom. The third-order valence-electron chi connectivity index (χ3n) is 7.42. The molecular formula is C28H36F3N5O2. The van der Waals surface area contributed by atoms with E-state index in [0.29, 0.717) is 32.5 Å². The van der Waals surface area contributed by atoms with Crippen LogP contribution >= 0.6 is 0 Å². The molecule has 2 aliphatic heterocycles. The maximum Gasteiger partial charge on any atom is 0.418 e. The van der Waals surface area contributed by atoms with Crippen LogP contribution in [-0.4, -0.2) is 67.6 Å². The van der Waals surface area contributed by atoms with Crippen molar-refractivity contribution < 1.29 is 18.0 Å². The fourth-order valence-corrected chi connectivity index (χ4v) is 5.09. The summed E-state index contributed by atoms with van der Waals surface area (Å²) in [5.41, 5.74) is 1.23. The number of halogens is 3. The summed E-state index contributed by atoms with van der Waals surface area (Å²) in [6, 6.07) is 12.0. The summed E-state index contributed by atoms with van der Waals surface area (Å²) in [7, 11) is 0. The normalized spacial score (nSPS) is 19.1. The number of rotatable bonds is 7. The van der Waals surface area contributed by atoms with Crippen molar-refractivity contribution in [2.45, 2.75) is 51.2 Å². The van der Waals surface area contributed by atoms with Crippen LogP contribution < -0.4 is 10.2 Å². The molecule has 0 radical (unpaired) electrons. The lowest BCUT2D eigenvalue weighted by Crippen LogP contribution is -2.47. The molecule has 2 heterocycles. The maximum atomic E-state index is 13.2. The second kappa shape index (κ2) is 11.3. The minimum absolute atomic E-state index is 0.0611. The number of amides is 1. The second-order valence-corrected chi connectivity index (χ2v) is 11.2. The quantitative estimate of drug-likeness (QED) is 0.470. The van der Waals surface area contributed by atoms with E-state index < -0.39 is 17.4 Å². The number of nitroso groups, excluding NO2 is 1. The van der Waals surface area contributed by atoms with Gasteiger partial charge in [-0.15, -0.1) is 4.91 Å². The summed E-state index contributed by atoms with van der Waals surface area (Å²) in [6.45, 7) is 11.9. The van der Waals surface area contributed by atoms with E-state index in [2.05, 4.69) is 65.3 Å². The van der Waals surface area contributed by atoms with Gasteiger partial charge in [-0.25, -0.2) is 0 Å². The molecule has 2 aromatic rings. The maximum absolute atomic E-state index is 13.2. The molecule has 2 saturated heterocycles. The third kappa shape index (κ3) is 6.83. The Morgan fingerprint density at radius 2 is 1.68 bits per heavy atom. The molecule has 38 heavy (non-hydrogen) atoms. The Balaban J connectivity index is 1.21. The minimum atomic E-state index is -4.67. The zero-order valence-corrected chi connectivity index (χ0v) is 22.2. The lowest BCUT2D eigenvalue weighted by Gasteiger charge is -2.36. The molecule has 0 bridgehead atoms. The molecule has 2 fully saturated rings. The highest BCUT2D eigenvalue weighted by Gasteiger charge is 2.35. The van der Waals surface area contributed by atoms with E-state index in [9.17, 15) is 22.9 Å². The van der Waals surface area contributed by atoms with E-state index in [4.69, 9.17) is 0 Å². The summed E-state index contributed by atoms with van der Waals surface area (Å²) in [4.78, 5) is 30.0. The van der Waals surface area contributed by atoms with Crippen molar-refractivity contribution in [3.05, 3.63) is 58.5 Å². The Hall–Kier alpha value is -3.14. The highest BCUT2D eigenvalue weighted by Crippen LogP contribution is 2.38. The van der Waals surface area contributed by atoms with Crippen molar-refractivity contribution in [3.8, 4) is 0 Å². The van der Waals surface area contributed by atoms with Crippen LogP contribution in [0.4, 0.5) is 30.2 Å². The molecule has 4 rings (SSSR count). The fraction of sp³-hybridized carbons (Fsp3) is 0.536. The summed E-state index contributed by atoms with van der Waals surface area (Å²) in [5, 5.41) is 5.55. The van der Waals surface area contributed by atoms with Gasteiger partial charge in [0.1, 0.15) is 5.69 Å². The first-order valence-corrected chi connectivity index (χ1v) is 13.1. The van der Waals surface area contributed by atoms with Gasteiger partial charge >= 0.3 is 6.18 Å². The standard InChI is InChI=1S/C28H36F3N5O2/c1-27(2,3)20-4-7-23(8-5-20)35-16-14-34(15-17-35)12-11-26(37)36-13-10-22(19-36)32-21-6-9-25(33-38)24(18-21)28(29,30)31/h4-9,18,22,32H,10-17,19H2,1-3H3/t22-/m0/s1. The Labute approximate surface area is 221 Å². The molecule has 1 atom stereocenters. The lowest BCUT2D eigenvalue weighted by atomic mass is 9.87. The Bertz CT molecular complexity index is 1120. The van der Waals surface area contributed by atoms with Crippen LogP contribution in [0.2, 0.25) is 0 Å². The van der Waals surface area contributed by atoms with Crippen molar-refractivity contribution >= 4 is 23.0 Å². The van der Waals surface area contributed by atoms with E-state index >= 15 is 0 Å². The van der Waals surface area contributed by atoms with Crippen LogP contribution in [0.25, 0.3) is 0 Å². The third-order valence-corrected chi connectivity index (χ3v) is 7.42. The molecule has 2 aliphatic rings. The van der Waals surface area contributed by atoms with Crippen LogP contribution in [0.1, 0.15) is 44.7 Å². The molecule has 0 aromatic heterocycles. The lowest BCUT2D eigenvalue weighted by molar-refractivity contribution is -0.137. The average Bonchev–Trinajstić information content (AvgIpc) is 3.35. The van der Waals surface area contributed by atoms with Crippen molar-refractivity contribution in [1.29, 1.82) is 0 Å². The number of alkyl halides is 3. The zero-order chi connectivity index (χ0) is 27.5. The topological polar surface area (TPSA) is 68.2 Å². The van der Waals surface area contributed by atoms with E-state index in [1.807, 2.05) is 0 Å². The first-order valence-electron chi connectivity index (χ1n) is 13.1. The number of hydrogen-bond donors (Lipinski definition) is 1. The largest absolute Gasteiger partial charge is 0.418 e. The summed E-state index contributed by atoms with van der Waals surface area (Å²) >= 11 is 0. The fourth-order valence-electron chi connectivity index (χ4n) is 5.09. The van der Waals surface area contributed by atoms with Gasteiger partial charge < -0.3 is 15.1 Å². The predicted molar refractivity (Wildman–Crippen MR) is 144 cm³/mol. The van der Waals surface area contributed by atoms with E-state index in [1.165, 1.54) is 17.3 Å². The van der Waals surface area contributed by atoms with E-state index in [0.717, 1.165) is 38.3 Å². The Morgan fingerprint density at radius 1 is 1.00 bits per heavy atom. The second-order valence-electron chi connectivity index (χ2n) is 11.2. The molecular weight excluding hydrogens is 495 g/mol. The summed E-state index contributed by atoms with van der Waals surface area (Å²) in [5.74, 6) is 0.0611. The van der Waals surface area contributed by atoms with Crippen LogP contribution in [0.3, 0.4) is 0 Å². The van der Waals surface area contributed by atoms with Crippen LogP contribution in [-0.2, 0) is 16.4 Å². The number of piperazine rings is 1. The number of nitrogens with one attached hydrogen (secondary N) is 1. The van der Waals surface area contributed by atoms with E-state index in [-0.39, 0.29) is 23.1 Å². The van der Waals surface area contributed by atoms with Crippen LogP contribution in [0.5, 0.6) is 0 Å². The van der Waals surface area contributed by atoms with Crippen molar-refractivity contribution in [2.75, 3.05) is 56.0 Å². The first-order chi connectivity index (χ1) is 17.9. The number of hydrogen-bond acceptors (Lipinski definition) is 6. The molecule has 2 aromatic carbocycles. The average molecular weight is 532 g/mol. The number of nitrogens with zero attached hydrogens (tertiary/aromatic N) is 4. The van der Waals surface area contributed by atoms with Crippen LogP contribution in [0.15, 0.2) is 47.6 Å². The molecule has 1 amide bonds. The first kappa shape index (κ1) is 27.9. The van der Waals surface area contributed by atoms with Gasteiger partial charge in [-0.3, -0.25) is 9.69 Å². The number of likely N-dealkylation sites (tertiary alicyclic amines) is 1. The minimum Gasteiger partial charge on any atom is -0.380 e. The smallest absolute Gasteiger partial charge is 0.380 e. The van der Waals surface area contributed by atoms with Gasteiger partial charge in [-0.1, -0.05) is 32.9 Å². The molecule has 0 unspecified atom stereocenters. The molecule has 0 spiro atoms. The molecule has 0 aliphatic carbocycles. The SMILES string of the molecule is CC(C)(C)c1ccc(N2CCN(CCC(=O)N3CC[C@H](Nc4ccc(N=O)c(C(F)(F)F)c4)C3)CC2)cc1. The number of anilines is 2. The highest BCUT2D eigenvalue weighted by atomic mass is 19.4. The number of carbonyl (C=O) groups is 1. The highest BCUT2D eigenvalue weighted by molar-refractivity contribution is 5.77. The van der Waals surface area contributed by atoms with Crippen LogP contribution in [0, 0.1) is 4.91 Å². The molecule has 0 saturated carbocycles. The van der Waals surface area contributed by atoms with Gasteiger partial charge in [0.2, 0.25) is 5.91 Å². The van der Waals surface area contributed by atoms with Gasteiger partial charge in [-0.05, 0) is 52.9 Å². The van der Waals surface area contributed by atoms with Gasteiger partial charge in [0.25, 0.3) is 0 Å². The number of carbonyl (C=O) groups excluding carboxylic acids is 1. The summed E-state index contributed by atoms with van der Waals surface area (Å²) in [6.07, 6.45) is -3.60. The van der Waals surface area contributed by atoms with Gasteiger partial charge in [0.15, 0.2) is 0 Å². The molecule has 1 N–H and O–H groups in total. The molecule has 10 heteroatoms. The zero-order valence-electron chi connectivity index (χ0n) is 22.2. The van der Waals surface area contributed by atoms with Gasteiger partial charge in [-0.2, -0.15) is 13.2 Å².